The van der Waals surface area contributed by atoms with Gasteiger partial charge in [-0.3, -0.25) is 0 Å². The van der Waals surface area contributed by atoms with Crippen molar-refractivity contribution in [2.75, 3.05) is 0 Å². The minimum Gasteiger partial charge on any atom is -0.207 e. The highest BCUT2D eigenvalue weighted by Crippen LogP contribution is 2.40. The van der Waals surface area contributed by atoms with E-state index in [4.69, 9.17) is 0 Å². The van der Waals surface area contributed by atoms with E-state index in [1.807, 2.05) is 26.8 Å². The molecule has 1 aliphatic rings. The summed E-state index contributed by atoms with van der Waals surface area (Å²) in [5, 5.41) is 0. The van der Waals surface area contributed by atoms with Crippen molar-refractivity contribution in [1.29, 1.82) is 0 Å². The summed E-state index contributed by atoms with van der Waals surface area (Å²) in [7, 11) is 0. The first-order chi connectivity index (χ1) is 5.72. The molecule has 0 nitrogen and oxygen atoms in total. The van der Waals surface area contributed by atoms with Crippen molar-refractivity contribution in [3.8, 4) is 0 Å². The molecule has 0 radical (unpaired) electrons. The third-order valence-corrected chi connectivity index (χ3v) is 2.42. The fraction of sp³-hybridized carbons (Fsp3) is 0.667. The number of allylic oxidation sites excluding steroid dienone is 4. The zero-order chi connectivity index (χ0) is 10.3. The summed E-state index contributed by atoms with van der Waals surface area (Å²) in [6, 6.07) is 0. The van der Waals surface area contributed by atoms with Crippen LogP contribution in [0.3, 0.4) is 0 Å². The Balaban J connectivity index is 2.97. The average Bonchev–Trinajstić information content (AvgIpc) is 1.80. The molecule has 0 N–H and O–H groups in total. The monoisotopic (exact) mass is 182 g/mol. The number of hydrogen-bond donors (Lipinski definition) is 0. The molecule has 1 heteroatoms. The van der Waals surface area contributed by atoms with E-state index >= 15 is 0 Å². The van der Waals surface area contributed by atoms with Crippen molar-refractivity contribution < 1.29 is 4.39 Å². The van der Waals surface area contributed by atoms with Gasteiger partial charge in [0.15, 0.2) is 0 Å². The molecule has 0 aromatic carbocycles. The van der Waals surface area contributed by atoms with Crippen LogP contribution in [0.15, 0.2) is 23.6 Å². The van der Waals surface area contributed by atoms with E-state index in [9.17, 15) is 4.39 Å². The Hall–Kier alpha value is -0.590. The molecule has 0 heterocycles. The zero-order valence-corrected chi connectivity index (χ0v) is 9.24. The van der Waals surface area contributed by atoms with Crippen LogP contribution in [-0.2, 0) is 0 Å². The minimum absolute atomic E-state index is 0.0150. The average molecular weight is 182 g/mol. The summed E-state index contributed by atoms with van der Waals surface area (Å²) < 4.78 is 13.6. The van der Waals surface area contributed by atoms with Gasteiger partial charge in [0, 0.05) is 0 Å². The molecule has 1 rings (SSSR count). The molecule has 0 saturated carbocycles. The van der Waals surface area contributed by atoms with Crippen molar-refractivity contribution in [3.63, 3.8) is 0 Å². The molecule has 0 aromatic rings. The first kappa shape index (κ1) is 10.5. The van der Waals surface area contributed by atoms with Crippen molar-refractivity contribution in [3.05, 3.63) is 23.6 Å². The lowest BCUT2D eigenvalue weighted by Crippen LogP contribution is -2.18. The van der Waals surface area contributed by atoms with Gasteiger partial charge in [-0.25, -0.2) is 4.39 Å². The standard InChI is InChI=1S/C12H19F/c1-11(2,3)9-6-7-12(4,5)8-10(9)13/h6,8H,7H2,1-5H3. The Labute approximate surface area is 80.5 Å². The smallest absolute Gasteiger partial charge is 0.123 e. The van der Waals surface area contributed by atoms with E-state index in [1.165, 1.54) is 0 Å². The van der Waals surface area contributed by atoms with Crippen LogP contribution in [0.2, 0.25) is 0 Å². The van der Waals surface area contributed by atoms with E-state index in [-0.39, 0.29) is 16.7 Å². The molecule has 13 heavy (non-hydrogen) atoms. The van der Waals surface area contributed by atoms with Gasteiger partial charge in [0.05, 0.1) is 0 Å². The highest BCUT2D eigenvalue weighted by atomic mass is 19.1. The topological polar surface area (TPSA) is 0 Å². The van der Waals surface area contributed by atoms with E-state index < -0.39 is 0 Å². The number of hydrogen-bond acceptors (Lipinski definition) is 0. The Morgan fingerprint density at radius 1 is 1.31 bits per heavy atom. The van der Waals surface area contributed by atoms with Crippen LogP contribution in [-0.4, -0.2) is 0 Å². The lowest BCUT2D eigenvalue weighted by molar-refractivity contribution is 0.413. The second-order valence-electron chi connectivity index (χ2n) is 5.55. The SMILES string of the molecule is CC1(C)C=C(F)C(C(C)(C)C)=CC1. The molecule has 0 fully saturated rings. The third kappa shape index (κ3) is 2.43. The molecule has 0 saturated heterocycles. The lowest BCUT2D eigenvalue weighted by Gasteiger charge is -2.30. The fourth-order valence-corrected chi connectivity index (χ4v) is 1.61. The predicted octanol–water partition coefficient (Wildman–Crippen LogP) is 4.24. The molecule has 0 bridgehead atoms. The molecular formula is C12H19F. The van der Waals surface area contributed by atoms with Gasteiger partial charge in [-0.2, -0.15) is 0 Å². The first-order valence-corrected chi connectivity index (χ1v) is 4.82. The lowest BCUT2D eigenvalue weighted by atomic mass is 9.76. The molecule has 0 amide bonds. The quantitative estimate of drug-likeness (QED) is 0.525. The highest BCUT2D eigenvalue weighted by molar-refractivity contribution is 5.35. The summed E-state index contributed by atoms with van der Waals surface area (Å²) in [6.45, 7) is 10.3. The van der Waals surface area contributed by atoms with Gasteiger partial charge in [-0.1, -0.05) is 40.7 Å². The predicted molar refractivity (Wildman–Crippen MR) is 55.1 cm³/mol. The van der Waals surface area contributed by atoms with Crippen molar-refractivity contribution in [2.24, 2.45) is 10.8 Å². The number of rotatable bonds is 0. The summed E-state index contributed by atoms with van der Waals surface area (Å²) in [6.07, 6.45) is 4.72. The maximum absolute atomic E-state index is 13.6. The van der Waals surface area contributed by atoms with Gasteiger partial charge in [0.25, 0.3) is 0 Å². The largest absolute Gasteiger partial charge is 0.207 e. The van der Waals surface area contributed by atoms with Gasteiger partial charge in [0.2, 0.25) is 0 Å². The van der Waals surface area contributed by atoms with Crippen molar-refractivity contribution in [1.82, 2.24) is 0 Å². The second kappa shape index (κ2) is 2.97. The van der Waals surface area contributed by atoms with Crippen molar-refractivity contribution >= 4 is 0 Å². The van der Waals surface area contributed by atoms with Gasteiger partial charge >= 0.3 is 0 Å². The molecule has 0 atom stereocenters. The summed E-state index contributed by atoms with van der Waals surface area (Å²) in [5.74, 6) is -0.0382. The Morgan fingerprint density at radius 2 is 1.85 bits per heavy atom. The Morgan fingerprint density at radius 3 is 2.23 bits per heavy atom. The van der Waals surface area contributed by atoms with Crippen LogP contribution in [0.25, 0.3) is 0 Å². The van der Waals surface area contributed by atoms with E-state index in [0.717, 1.165) is 12.0 Å². The molecule has 0 aromatic heterocycles. The maximum atomic E-state index is 13.6. The van der Waals surface area contributed by atoms with Gasteiger partial charge < -0.3 is 0 Å². The van der Waals surface area contributed by atoms with E-state index in [2.05, 4.69) is 13.8 Å². The second-order valence-corrected chi connectivity index (χ2v) is 5.55. The van der Waals surface area contributed by atoms with Gasteiger partial charge in [0.1, 0.15) is 5.83 Å². The Kier molecular flexibility index (Phi) is 2.40. The molecule has 0 aliphatic heterocycles. The van der Waals surface area contributed by atoms with Crippen LogP contribution < -0.4 is 0 Å². The third-order valence-electron chi connectivity index (χ3n) is 2.42. The summed E-state index contributed by atoms with van der Waals surface area (Å²) in [4.78, 5) is 0. The van der Waals surface area contributed by atoms with Crippen LogP contribution in [0.4, 0.5) is 4.39 Å². The van der Waals surface area contributed by atoms with E-state index in [1.54, 1.807) is 6.08 Å². The van der Waals surface area contributed by atoms with Crippen LogP contribution >= 0.6 is 0 Å². The minimum atomic E-state index is -0.0723. The summed E-state index contributed by atoms with van der Waals surface area (Å²) >= 11 is 0. The highest BCUT2D eigenvalue weighted by Gasteiger charge is 2.27. The first-order valence-electron chi connectivity index (χ1n) is 4.82. The van der Waals surface area contributed by atoms with Crippen LogP contribution in [0.5, 0.6) is 0 Å². The van der Waals surface area contributed by atoms with Gasteiger partial charge in [-0.05, 0) is 28.9 Å². The maximum Gasteiger partial charge on any atom is 0.123 e. The normalized spacial score (nSPS) is 22.3. The zero-order valence-electron chi connectivity index (χ0n) is 9.24. The number of halogens is 1. The van der Waals surface area contributed by atoms with Crippen LogP contribution in [0, 0.1) is 10.8 Å². The van der Waals surface area contributed by atoms with Crippen molar-refractivity contribution in [2.45, 2.75) is 41.0 Å². The summed E-state index contributed by atoms with van der Waals surface area (Å²) in [5.41, 5.74) is 0.766. The van der Waals surface area contributed by atoms with E-state index in [0.29, 0.717) is 0 Å². The van der Waals surface area contributed by atoms with Gasteiger partial charge in [-0.15, -0.1) is 0 Å². The fourth-order valence-electron chi connectivity index (χ4n) is 1.61. The molecule has 1 aliphatic carbocycles. The Bertz CT molecular complexity index is 261. The molecule has 74 valence electrons. The molecular weight excluding hydrogens is 163 g/mol. The molecule has 0 spiro atoms. The molecule has 0 unspecified atom stereocenters. The van der Waals surface area contributed by atoms with Crippen LogP contribution in [0.1, 0.15) is 41.0 Å².